The molecule has 0 aliphatic heterocycles. The van der Waals surface area contributed by atoms with E-state index in [1.807, 2.05) is 0 Å². The molecule has 9 heteroatoms. The summed E-state index contributed by atoms with van der Waals surface area (Å²) in [6.07, 6.45) is 20.2. The zero-order valence-electron chi connectivity index (χ0n) is 21.5. The van der Waals surface area contributed by atoms with Gasteiger partial charge >= 0.3 is 5.97 Å². The summed E-state index contributed by atoms with van der Waals surface area (Å²) in [5.41, 5.74) is 0. The van der Waals surface area contributed by atoms with E-state index in [9.17, 15) is 4.79 Å². The molecule has 0 aromatic heterocycles. The van der Waals surface area contributed by atoms with E-state index in [0.717, 1.165) is 12.8 Å². The predicted molar refractivity (Wildman–Crippen MR) is 150 cm³/mol. The number of aliphatic carboxylic acids is 1. The number of carboxylic acid groups (broad SMARTS) is 1. The van der Waals surface area contributed by atoms with Crippen molar-refractivity contribution in [3.05, 3.63) is 0 Å². The summed E-state index contributed by atoms with van der Waals surface area (Å²) in [7, 11) is 0. The Morgan fingerprint density at radius 3 is 1.09 bits per heavy atom. The minimum absolute atomic E-state index is 0. The second-order valence-electron chi connectivity index (χ2n) is 8.11. The van der Waals surface area contributed by atoms with Crippen LogP contribution in [0.25, 0.3) is 0 Å². The zero-order valence-corrected chi connectivity index (χ0v) is 23.9. The van der Waals surface area contributed by atoms with Crippen LogP contribution in [0.2, 0.25) is 0 Å². The Kier molecular flexibility index (Phi) is 51.1. The van der Waals surface area contributed by atoms with Gasteiger partial charge in [-0.25, -0.2) is 0 Å². The molecule has 0 radical (unpaired) electrons. The molecule has 0 bridgehead atoms. The van der Waals surface area contributed by atoms with Crippen LogP contribution in [0.4, 0.5) is 0 Å². The Labute approximate surface area is 221 Å². The predicted octanol–water partition coefficient (Wildman–Crippen LogP) is 5.54. The Morgan fingerprint density at radius 2 is 0.848 bits per heavy atom. The first-order valence-corrected chi connectivity index (χ1v) is 12.4. The maximum Gasteiger partial charge on any atom is 0.303 e. The highest BCUT2D eigenvalue weighted by Gasteiger charge is 2.00. The van der Waals surface area contributed by atoms with Crippen molar-refractivity contribution in [3.8, 4) is 0 Å². The summed E-state index contributed by atoms with van der Waals surface area (Å²) in [5, 5.41) is 34.0. The minimum Gasteiger partial charge on any atom is -0.481 e. The fraction of sp³-hybridized carbons (Fsp3) is 0.958. The molecule has 10 N–H and O–H groups in total. The van der Waals surface area contributed by atoms with Gasteiger partial charge in [0.1, 0.15) is 0 Å². The lowest BCUT2D eigenvalue weighted by Crippen LogP contribution is -2.32. The number of aliphatic hydroxyl groups is 3. The van der Waals surface area contributed by atoms with E-state index in [2.05, 4.69) is 6.92 Å². The maximum absolute atomic E-state index is 10.3. The lowest BCUT2D eigenvalue weighted by molar-refractivity contribution is -0.137. The first kappa shape index (κ1) is 43.1. The van der Waals surface area contributed by atoms with E-state index < -0.39 is 5.97 Å². The van der Waals surface area contributed by atoms with Gasteiger partial charge < -0.3 is 32.7 Å². The van der Waals surface area contributed by atoms with Gasteiger partial charge in [-0.05, 0) is 6.42 Å². The number of rotatable bonds is 22. The first-order chi connectivity index (χ1) is 14.6. The Morgan fingerprint density at radius 1 is 0.576 bits per heavy atom. The largest absolute Gasteiger partial charge is 0.481 e. The quantitative estimate of drug-likeness (QED) is 0.0700. The van der Waals surface area contributed by atoms with Crippen LogP contribution in [0.5, 0.6) is 0 Å². The van der Waals surface area contributed by atoms with E-state index in [1.54, 1.807) is 4.90 Å². The molecule has 0 saturated carbocycles. The van der Waals surface area contributed by atoms with E-state index in [4.69, 9.17) is 20.4 Å². The first-order valence-electron chi connectivity index (χ1n) is 12.4. The van der Waals surface area contributed by atoms with Gasteiger partial charge in [-0.1, -0.05) is 96.8 Å². The SMILES string of the molecule is CCCCCCCCCCCCCCCCCC(=O)O.I.N.N.OCCN(CCO)CCO. The average Bonchev–Trinajstić information content (AvgIpc) is 2.72. The topological polar surface area (TPSA) is 171 Å². The fourth-order valence-corrected chi connectivity index (χ4v) is 3.41. The number of carbonyl (C=O) groups is 1. The number of hydrogen-bond donors (Lipinski definition) is 6. The molecule has 0 unspecified atom stereocenters. The highest BCUT2D eigenvalue weighted by Crippen LogP contribution is 2.13. The molecule has 0 aliphatic carbocycles. The molecule has 0 aromatic carbocycles. The number of aliphatic hydroxyl groups excluding tert-OH is 3. The molecule has 0 amide bonds. The number of halogens is 1. The van der Waals surface area contributed by atoms with Crippen molar-refractivity contribution >= 4 is 29.9 Å². The Hall–Kier alpha value is -0.0400. The lowest BCUT2D eigenvalue weighted by atomic mass is 10.0. The molecule has 0 saturated heterocycles. The summed E-state index contributed by atoms with van der Waals surface area (Å²) < 4.78 is 0. The number of hydrogen-bond acceptors (Lipinski definition) is 7. The van der Waals surface area contributed by atoms with Crippen LogP contribution in [0.3, 0.4) is 0 Å². The summed E-state index contributed by atoms with van der Waals surface area (Å²) in [4.78, 5) is 12.1. The van der Waals surface area contributed by atoms with Crippen LogP contribution >= 0.6 is 24.0 Å². The molecule has 0 rings (SSSR count). The minimum atomic E-state index is -0.653. The summed E-state index contributed by atoms with van der Waals surface area (Å²) in [5.74, 6) is -0.653. The van der Waals surface area contributed by atoms with Gasteiger partial charge in [0.15, 0.2) is 0 Å². The smallest absolute Gasteiger partial charge is 0.303 e. The average molecular weight is 596 g/mol. The van der Waals surface area contributed by atoms with Gasteiger partial charge in [0.05, 0.1) is 19.8 Å². The van der Waals surface area contributed by atoms with Crippen molar-refractivity contribution in [1.82, 2.24) is 17.2 Å². The highest BCUT2D eigenvalue weighted by molar-refractivity contribution is 14.0. The molecule has 0 aromatic rings. The molecule has 0 fully saturated rings. The maximum atomic E-state index is 10.3. The molecule has 0 heterocycles. The second kappa shape index (κ2) is 39.2. The fourth-order valence-electron chi connectivity index (χ4n) is 3.41. The van der Waals surface area contributed by atoms with Gasteiger partial charge in [-0.15, -0.1) is 24.0 Å². The van der Waals surface area contributed by atoms with Crippen LogP contribution in [0.15, 0.2) is 0 Å². The normalized spacial score (nSPS) is 9.85. The third kappa shape index (κ3) is 42.6. The summed E-state index contributed by atoms with van der Waals surface area (Å²) in [6.45, 7) is 4.02. The van der Waals surface area contributed by atoms with E-state index in [-0.39, 0.29) is 56.1 Å². The van der Waals surface area contributed by atoms with Crippen molar-refractivity contribution in [1.29, 1.82) is 0 Å². The molecular weight excluding hydrogens is 537 g/mol. The summed E-state index contributed by atoms with van der Waals surface area (Å²) in [6, 6.07) is 0. The highest BCUT2D eigenvalue weighted by atomic mass is 127. The number of unbranched alkanes of at least 4 members (excludes halogenated alkanes) is 14. The Balaban J connectivity index is -0.000000173. The van der Waals surface area contributed by atoms with Crippen LogP contribution in [0, 0.1) is 0 Å². The van der Waals surface area contributed by atoms with Crippen LogP contribution in [-0.2, 0) is 4.79 Å². The molecule has 33 heavy (non-hydrogen) atoms. The van der Waals surface area contributed by atoms with E-state index in [0.29, 0.717) is 26.1 Å². The van der Waals surface area contributed by atoms with Crippen LogP contribution in [-0.4, -0.2) is 70.8 Å². The number of nitrogens with zero attached hydrogens (tertiary/aromatic N) is 1. The standard InChI is InChI=1S/C18H36O2.C6H15NO3.HI.2H3N/c1-2-3-4-5-6-7-8-9-10-11-12-13-14-15-16-17-18(19)20;8-4-1-7(2-5-9)3-6-10;;;/h2-17H2,1H3,(H,19,20);8-10H,1-6H2;1H;2*1H3. The van der Waals surface area contributed by atoms with E-state index in [1.165, 1.54) is 83.5 Å². The molecule has 8 nitrogen and oxygen atoms in total. The van der Waals surface area contributed by atoms with Crippen molar-refractivity contribution in [3.63, 3.8) is 0 Å². The lowest BCUT2D eigenvalue weighted by Gasteiger charge is -2.17. The van der Waals surface area contributed by atoms with Gasteiger partial charge in [-0.3, -0.25) is 9.69 Å². The van der Waals surface area contributed by atoms with Crippen molar-refractivity contribution < 1.29 is 25.2 Å². The molecule has 0 aliphatic rings. The molecular formula is C24H58IN3O5. The molecule has 0 atom stereocenters. The third-order valence-electron chi connectivity index (χ3n) is 5.24. The van der Waals surface area contributed by atoms with Crippen molar-refractivity contribution in [2.24, 2.45) is 0 Å². The van der Waals surface area contributed by atoms with E-state index >= 15 is 0 Å². The van der Waals surface area contributed by atoms with Crippen LogP contribution in [0.1, 0.15) is 110 Å². The zero-order chi connectivity index (χ0) is 22.7. The third-order valence-corrected chi connectivity index (χ3v) is 5.24. The Bertz CT molecular complexity index is 329. The molecule has 206 valence electrons. The van der Waals surface area contributed by atoms with Gasteiger partial charge in [-0.2, -0.15) is 0 Å². The van der Waals surface area contributed by atoms with Crippen LogP contribution < -0.4 is 12.3 Å². The van der Waals surface area contributed by atoms with Crippen molar-refractivity contribution in [2.45, 2.75) is 110 Å². The monoisotopic (exact) mass is 595 g/mol. The summed E-state index contributed by atoms with van der Waals surface area (Å²) >= 11 is 0. The van der Waals surface area contributed by atoms with Gasteiger partial charge in [0.2, 0.25) is 0 Å². The van der Waals surface area contributed by atoms with Gasteiger partial charge in [0.25, 0.3) is 0 Å². The number of carboxylic acids is 1. The van der Waals surface area contributed by atoms with Crippen molar-refractivity contribution in [2.75, 3.05) is 39.5 Å². The molecule has 0 spiro atoms. The van der Waals surface area contributed by atoms with Gasteiger partial charge in [0, 0.05) is 26.1 Å². The second-order valence-corrected chi connectivity index (χ2v) is 8.11.